The van der Waals surface area contributed by atoms with Gasteiger partial charge in [0.25, 0.3) is 0 Å². The third-order valence-corrected chi connectivity index (χ3v) is 3.64. The van der Waals surface area contributed by atoms with Crippen molar-refractivity contribution in [3.8, 4) is 0 Å². The van der Waals surface area contributed by atoms with Gasteiger partial charge in [-0.3, -0.25) is 4.90 Å². The summed E-state index contributed by atoms with van der Waals surface area (Å²) in [6, 6.07) is 4.81. The molecule has 0 bridgehead atoms. The molecule has 2 fully saturated rings. The molecule has 1 aromatic rings. The average molecular weight is 238 g/mol. The van der Waals surface area contributed by atoms with Crippen LogP contribution < -0.4 is 4.90 Å². The van der Waals surface area contributed by atoms with Gasteiger partial charge in [0, 0.05) is 38.4 Å². The Morgan fingerprint density at radius 1 is 1.12 bits per heavy atom. The molecule has 0 radical (unpaired) electrons. The average Bonchev–Trinajstić information content (AvgIpc) is 3.14. The summed E-state index contributed by atoms with van der Waals surface area (Å²) < 4.78 is 0. The van der Waals surface area contributed by atoms with Crippen molar-refractivity contribution in [2.24, 2.45) is 0 Å². The minimum absolute atomic E-state index is 0.709. The highest BCUT2D eigenvalue weighted by Gasteiger charge is 2.31. The molecule has 16 heavy (non-hydrogen) atoms. The van der Waals surface area contributed by atoms with Gasteiger partial charge in [-0.25, -0.2) is 4.98 Å². The van der Waals surface area contributed by atoms with Gasteiger partial charge in [0.15, 0.2) is 0 Å². The van der Waals surface area contributed by atoms with E-state index in [9.17, 15) is 0 Å². The second kappa shape index (κ2) is 4.22. The zero-order valence-electron chi connectivity index (χ0n) is 9.27. The lowest BCUT2D eigenvalue weighted by Gasteiger charge is -2.35. The van der Waals surface area contributed by atoms with Crippen molar-refractivity contribution >= 4 is 17.4 Å². The van der Waals surface area contributed by atoms with Crippen molar-refractivity contribution in [3.05, 3.63) is 23.4 Å². The third-order valence-electron chi connectivity index (χ3n) is 3.41. The fourth-order valence-corrected chi connectivity index (χ4v) is 2.42. The third kappa shape index (κ3) is 2.15. The minimum atomic E-state index is 0.709. The minimum Gasteiger partial charge on any atom is -0.354 e. The van der Waals surface area contributed by atoms with E-state index in [1.165, 1.54) is 25.9 Å². The van der Waals surface area contributed by atoms with Crippen LogP contribution in [0.4, 0.5) is 5.82 Å². The Bertz CT molecular complexity index is 353. The van der Waals surface area contributed by atoms with Gasteiger partial charge in [0.1, 0.15) is 5.82 Å². The first-order chi connectivity index (χ1) is 7.83. The molecule has 86 valence electrons. The van der Waals surface area contributed by atoms with E-state index in [1.807, 2.05) is 12.1 Å². The highest BCUT2D eigenvalue weighted by atomic mass is 35.5. The number of pyridine rings is 1. The maximum Gasteiger partial charge on any atom is 0.128 e. The molecule has 0 aromatic carbocycles. The summed E-state index contributed by atoms with van der Waals surface area (Å²) >= 11 is 5.83. The monoisotopic (exact) mass is 237 g/mol. The first-order valence-electron chi connectivity index (χ1n) is 5.93. The molecule has 2 aliphatic rings. The van der Waals surface area contributed by atoms with E-state index in [-0.39, 0.29) is 0 Å². The largest absolute Gasteiger partial charge is 0.354 e. The summed E-state index contributed by atoms with van der Waals surface area (Å²) in [7, 11) is 0. The smallest absolute Gasteiger partial charge is 0.128 e. The molecule has 0 amide bonds. The van der Waals surface area contributed by atoms with Crippen LogP contribution in [0.25, 0.3) is 0 Å². The van der Waals surface area contributed by atoms with Gasteiger partial charge in [-0.05, 0) is 25.0 Å². The van der Waals surface area contributed by atoms with Crippen LogP contribution in [-0.2, 0) is 0 Å². The van der Waals surface area contributed by atoms with Crippen molar-refractivity contribution in [1.29, 1.82) is 0 Å². The van der Waals surface area contributed by atoms with Crippen molar-refractivity contribution in [3.63, 3.8) is 0 Å². The summed E-state index contributed by atoms with van der Waals surface area (Å²) in [5.41, 5.74) is 0. The number of piperazine rings is 1. The first kappa shape index (κ1) is 10.4. The molecular formula is C12H16ClN3. The van der Waals surface area contributed by atoms with Crippen LogP contribution in [-0.4, -0.2) is 42.1 Å². The molecule has 0 N–H and O–H groups in total. The molecule has 4 heteroatoms. The van der Waals surface area contributed by atoms with E-state index in [2.05, 4.69) is 14.8 Å². The summed E-state index contributed by atoms with van der Waals surface area (Å²) in [4.78, 5) is 9.31. The molecule has 3 rings (SSSR count). The summed E-state index contributed by atoms with van der Waals surface area (Å²) in [5, 5.41) is 0.709. The van der Waals surface area contributed by atoms with Crippen LogP contribution in [0.15, 0.2) is 18.3 Å². The van der Waals surface area contributed by atoms with Gasteiger partial charge < -0.3 is 4.90 Å². The zero-order valence-corrected chi connectivity index (χ0v) is 10.0. The zero-order chi connectivity index (χ0) is 11.0. The highest BCUT2D eigenvalue weighted by Crippen LogP contribution is 2.28. The van der Waals surface area contributed by atoms with Crippen molar-refractivity contribution < 1.29 is 0 Å². The van der Waals surface area contributed by atoms with E-state index >= 15 is 0 Å². The van der Waals surface area contributed by atoms with E-state index < -0.39 is 0 Å². The summed E-state index contributed by atoms with van der Waals surface area (Å²) in [6.07, 6.45) is 4.53. The Balaban J connectivity index is 1.62. The van der Waals surface area contributed by atoms with Crippen molar-refractivity contribution in [2.45, 2.75) is 18.9 Å². The number of hydrogen-bond acceptors (Lipinski definition) is 3. The number of aromatic nitrogens is 1. The molecule has 1 saturated carbocycles. The van der Waals surface area contributed by atoms with Crippen LogP contribution in [0, 0.1) is 0 Å². The Labute approximate surface area is 101 Å². The van der Waals surface area contributed by atoms with Gasteiger partial charge in [0.2, 0.25) is 0 Å². The predicted molar refractivity (Wildman–Crippen MR) is 66.1 cm³/mol. The topological polar surface area (TPSA) is 19.4 Å². The number of nitrogens with zero attached hydrogens (tertiary/aromatic N) is 3. The lowest BCUT2D eigenvalue weighted by Crippen LogP contribution is -2.47. The molecule has 0 spiro atoms. The molecule has 1 aliphatic carbocycles. The maximum atomic E-state index is 5.83. The van der Waals surface area contributed by atoms with Crippen LogP contribution in [0.1, 0.15) is 12.8 Å². The standard InChI is InChI=1S/C12H16ClN3/c13-10-1-4-12(14-9-10)16-7-5-15(6-8-16)11-2-3-11/h1,4,9,11H,2-3,5-8H2. The van der Waals surface area contributed by atoms with E-state index in [1.54, 1.807) is 6.20 Å². The van der Waals surface area contributed by atoms with Crippen LogP contribution in [0.2, 0.25) is 5.02 Å². The Kier molecular flexibility index (Phi) is 2.74. The van der Waals surface area contributed by atoms with Gasteiger partial charge in [-0.2, -0.15) is 0 Å². The number of halogens is 1. The molecule has 0 atom stereocenters. The van der Waals surface area contributed by atoms with Crippen molar-refractivity contribution in [2.75, 3.05) is 31.1 Å². The van der Waals surface area contributed by atoms with E-state index in [0.717, 1.165) is 24.9 Å². The lowest BCUT2D eigenvalue weighted by atomic mass is 10.3. The van der Waals surface area contributed by atoms with Crippen LogP contribution >= 0.6 is 11.6 Å². The van der Waals surface area contributed by atoms with Gasteiger partial charge in [0.05, 0.1) is 5.02 Å². The molecular weight excluding hydrogens is 222 g/mol. The number of anilines is 1. The number of hydrogen-bond donors (Lipinski definition) is 0. The Morgan fingerprint density at radius 3 is 2.44 bits per heavy atom. The quantitative estimate of drug-likeness (QED) is 0.785. The molecule has 1 aromatic heterocycles. The molecule has 1 aliphatic heterocycles. The van der Waals surface area contributed by atoms with Crippen LogP contribution in [0.5, 0.6) is 0 Å². The SMILES string of the molecule is Clc1ccc(N2CCN(C3CC3)CC2)nc1. The van der Waals surface area contributed by atoms with Gasteiger partial charge >= 0.3 is 0 Å². The van der Waals surface area contributed by atoms with E-state index in [4.69, 9.17) is 11.6 Å². The first-order valence-corrected chi connectivity index (χ1v) is 6.31. The lowest BCUT2D eigenvalue weighted by molar-refractivity contribution is 0.247. The second-order valence-corrected chi connectivity index (χ2v) is 5.03. The summed E-state index contributed by atoms with van der Waals surface area (Å²) in [5.74, 6) is 1.06. The Morgan fingerprint density at radius 2 is 1.88 bits per heavy atom. The maximum absolute atomic E-state index is 5.83. The fourth-order valence-electron chi connectivity index (χ4n) is 2.31. The Hall–Kier alpha value is -0.800. The second-order valence-electron chi connectivity index (χ2n) is 4.59. The molecule has 3 nitrogen and oxygen atoms in total. The van der Waals surface area contributed by atoms with Gasteiger partial charge in [-0.1, -0.05) is 11.6 Å². The normalized spacial score (nSPS) is 22.4. The molecule has 0 unspecified atom stereocenters. The van der Waals surface area contributed by atoms with Gasteiger partial charge in [-0.15, -0.1) is 0 Å². The van der Waals surface area contributed by atoms with E-state index in [0.29, 0.717) is 5.02 Å². The summed E-state index contributed by atoms with van der Waals surface area (Å²) in [6.45, 7) is 4.53. The predicted octanol–water partition coefficient (Wildman–Crippen LogP) is 2.02. The fraction of sp³-hybridized carbons (Fsp3) is 0.583. The van der Waals surface area contributed by atoms with Crippen molar-refractivity contribution in [1.82, 2.24) is 9.88 Å². The highest BCUT2D eigenvalue weighted by molar-refractivity contribution is 6.30. The molecule has 1 saturated heterocycles. The molecule has 2 heterocycles. The van der Waals surface area contributed by atoms with Crippen LogP contribution in [0.3, 0.4) is 0 Å². The number of rotatable bonds is 2.